The number of aromatic nitrogens is 2. The van der Waals surface area contributed by atoms with Crippen LogP contribution in [0, 0.1) is 0 Å². The largest absolute Gasteiger partial charge is 0.465 e. The van der Waals surface area contributed by atoms with Crippen molar-refractivity contribution in [1.29, 1.82) is 0 Å². The molecule has 12 nitrogen and oxygen atoms in total. The number of ether oxygens (including phenoxy) is 1. The van der Waals surface area contributed by atoms with Crippen LogP contribution in [0.15, 0.2) is 54.6 Å². The number of morpholine rings is 1. The molecule has 2 aromatic carbocycles. The highest BCUT2D eigenvalue weighted by molar-refractivity contribution is 5.87. The Hall–Kier alpha value is -4.26. The minimum atomic E-state index is -1.16. The van der Waals surface area contributed by atoms with Crippen molar-refractivity contribution in [3.63, 3.8) is 0 Å². The minimum absolute atomic E-state index is 0.0382. The summed E-state index contributed by atoms with van der Waals surface area (Å²) < 4.78 is 6.00. The summed E-state index contributed by atoms with van der Waals surface area (Å²) in [6.07, 6.45) is 0.0166. The predicted molar refractivity (Wildman–Crippen MR) is 148 cm³/mol. The Bertz CT molecular complexity index is 1250. The van der Waals surface area contributed by atoms with Crippen LogP contribution in [0.4, 0.5) is 26.8 Å². The maximum absolute atomic E-state index is 11.6. The molecule has 210 valence electrons. The number of nitrogens with zero attached hydrogens (tertiary/aromatic N) is 5. The standard InChI is InChI=1S/C28H31N5O7/c34-13-11-32(27(36)37)20-5-1-18(2-6-20)24-15-25(31-16-22-9-10-23(17-31)40-22)30-26(29-24)19-3-7-21(8-4-19)33(12-14-35)28(38)39/h1-8,15,22-23,34-35H,9-14,16-17H2,(H,36,37)(H,38,39). The van der Waals surface area contributed by atoms with Gasteiger partial charge < -0.3 is 30.1 Å². The molecule has 0 aliphatic carbocycles. The molecule has 2 fully saturated rings. The molecule has 2 unspecified atom stereocenters. The van der Waals surface area contributed by atoms with Gasteiger partial charge in [0.15, 0.2) is 5.82 Å². The lowest BCUT2D eigenvalue weighted by molar-refractivity contribution is 0.0302. The number of carboxylic acid groups (broad SMARTS) is 2. The molecule has 2 atom stereocenters. The Kier molecular flexibility index (Phi) is 8.10. The van der Waals surface area contributed by atoms with E-state index in [0.29, 0.717) is 41.5 Å². The molecule has 40 heavy (non-hydrogen) atoms. The molecule has 0 radical (unpaired) electrons. The molecule has 2 aliphatic heterocycles. The second-order valence-electron chi connectivity index (χ2n) is 9.71. The highest BCUT2D eigenvalue weighted by atomic mass is 16.5. The third kappa shape index (κ3) is 5.83. The molecule has 2 aliphatic rings. The second kappa shape index (κ2) is 11.9. The van der Waals surface area contributed by atoms with E-state index in [1.165, 1.54) is 0 Å². The fraction of sp³-hybridized carbons (Fsp3) is 0.357. The predicted octanol–water partition coefficient (Wildman–Crippen LogP) is 3.13. The van der Waals surface area contributed by atoms with Crippen molar-refractivity contribution in [3.05, 3.63) is 54.6 Å². The number of carbonyl (C=O) groups is 2. The summed E-state index contributed by atoms with van der Waals surface area (Å²) in [6, 6.07) is 15.6. The summed E-state index contributed by atoms with van der Waals surface area (Å²) in [4.78, 5) is 37.2. The Morgan fingerprint density at radius 2 is 1.30 bits per heavy atom. The van der Waals surface area contributed by atoms with Crippen LogP contribution in [0.1, 0.15) is 12.8 Å². The average Bonchev–Trinajstić information content (AvgIpc) is 3.31. The molecule has 12 heteroatoms. The van der Waals surface area contributed by atoms with Gasteiger partial charge in [-0.05, 0) is 49.2 Å². The van der Waals surface area contributed by atoms with Crippen LogP contribution in [-0.4, -0.2) is 94.2 Å². The van der Waals surface area contributed by atoms with E-state index in [1.54, 1.807) is 48.5 Å². The maximum Gasteiger partial charge on any atom is 0.411 e. The number of fused-ring (bicyclic) bond motifs is 2. The van der Waals surface area contributed by atoms with Gasteiger partial charge in [-0.3, -0.25) is 9.80 Å². The highest BCUT2D eigenvalue weighted by Gasteiger charge is 2.34. The third-order valence-electron chi connectivity index (χ3n) is 7.10. The lowest BCUT2D eigenvalue weighted by atomic mass is 10.1. The number of benzene rings is 2. The lowest BCUT2D eigenvalue weighted by Gasteiger charge is -2.33. The van der Waals surface area contributed by atoms with Gasteiger partial charge in [-0.15, -0.1) is 0 Å². The van der Waals surface area contributed by atoms with E-state index in [4.69, 9.17) is 14.7 Å². The topological polar surface area (TPSA) is 160 Å². The molecule has 2 bridgehead atoms. The zero-order valence-corrected chi connectivity index (χ0v) is 21.8. The first-order chi connectivity index (χ1) is 19.4. The van der Waals surface area contributed by atoms with Crippen LogP contribution in [0.25, 0.3) is 22.6 Å². The SMILES string of the molecule is O=C(O)N(CCO)c1ccc(-c2cc(N3CC4CCC(C3)O4)nc(-c3ccc(N(CCO)C(=O)O)cc3)n2)cc1. The van der Waals surface area contributed by atoms with Crippen molar-refractivity contribution in [2.75, 3.05) is 54.1 Å². The Balaban J connectivity index is 1.51. The van der Waals surface area contributed by atoms with Crippen molar-refractivity contribution in [2.45, 2.75) is 25.0 Å². The van der Waals surface area contributed by atoms with E-state index >= 15 is 0 Å². The molecule has 0 spiro atoms. The zero-order valence-electron chi connectivity index (χ0n) is 21.8. The summed E-state index contributed by atoms with van der Waals surface area (Å²) in [5, 5.41) is 37.4. The minimum Gasteiger partial charge on any atom is -0.465 e. The molecule has 2 amide bonds. The quantitative estimate of drug-likeness (QED) is 0.312. The van der Waals surface area contributed by atoms with Crippen molar-refractivity contribution in [3.8, 4) is 22.6 Å². The summed E-state index contributed by atoms with van der Waals surface area (Å²) in [6.45, 7) is 0.757. The normalized spacial score (nSPS) is 18.0. The zero-order chi connectivity index (χ0) is 28.2. The molecule has 5 rings (SSSR count). The first kappa shape index (κ1) is 27.3. The maximum atomic E-state index is 11.6. The smallest absolute Gasteiger partial charge is 0.411 e. The van der Waals surface area contributed by atoms with Gasteiger partial charge >= 0.3 is 12.2 Å². The van der Waals surface area contributed by atoms with E-state index < -0.39 is 12.2 Å². The van der Waals surface area contributed by atoms with Gasteiger partial charge in [-0.2, -0.15) is 0 Å². The van der Waals surface area contributed by atoms with E-state index in [9.17, 15) is 30.0 Å². The van der Waals surface area contributed by atoms with Gasteiger partial charge in [-0.1, -0.05) is 12.1 Å². The van der Waals surface area contributed by atoms with Gasteiger partial charge in [0.1, 0.15) is 5.82 Å². The number of hydrogen-bond acceptors (Lipinski definition) is 8. The van der Waals surface area contributed by atoms with Crippen LogP contribution < -0.4 is 14.7 Å². The summed E-state index contributed by atoms with van der Waals surface area (Å²) >= 11 is 0. The van der Waals surface area contributed by atoms with Crippen LogP contribution in [0.3, 0.4) is 0 Å². The first-order valence-corrected chi connectivity index (χ1v) is 13.1. The molecule has 2 saturated heterocycles. The monoisotopic (exact) mass is 549 g/mol. The number of amides is 2. The lowest BCUT2D eigenvalue weighted by Crippen LogP contribution is -2.43. The van der Waals surface area contributed by atoms with E-state index in [1.807, 2.05) is 6.07 Å². The number of rotatable bonds is 9. The fourth-order valence-electron chi connectivity index (χ4n) is 5.15. The Morgan fingerprint density at radius 3 is 1.77 bits per heavy atom. The second-order valence-corrected chi connectivity index (χ2v) is 9.71. The molecular formula is C28H31N5O7. The van der Waals surface area contributed by atoms with E-state index in [0.717, 1.165) is 34.0 Å². The summed E-state index contributed by atoms with van der Waals surface area (Å²) in [5.74, 6) is 1.20. The van der Waals surface area contributed by atoms with Crippen LogP contribution in [-0.2, 0) is 4.74 Å². The van der Waals surface area contributed by atoms with Gasteiger partial charge in [0.05, 0.1) is 44.2 Å². The van der Waals surface area contributed by atoms with Crippen LogP contribution >= 0.6 is 0 Å². The molecule has 3 aromatic rings. The van der Waals surface area contributed by atoms with Crippen molar-refractivity contribution in [1.82, 2.24) is 9.97 Å². The van der Waals surface area contributed by atoms with Crippen LogP contribution in [0.5, 0.6) is 0 Å². The molecule has 4 N–H and O–H groups in total. The van der Waals surface area contributed by atoms with Gasteiger partial charge in [-0.25, -0.2) is 19.6 Å². The van der Waals surface area contributed by atoms with Gasteiger partial charge in [0.25, 0.3) is 0 Å². The fourth-order valence-corrected chi connectivity index (χ4v) is 5.15. The van der Waals surface area contributed by atoms with Crippen molar-refractivity contribution < 1.29 is 34.8 Å². The number of aliphatic hydroxyl groups excluding tert-OH is 2. The van der Waals surface area contributed by atoms with Crippen LogP contribution in [0.2, 0.25) is 0 Å². The number of aliphatic hydroxyl groups is 2. The van der Waals surface area contributed by atoms with E-state index in [2.05, 4.69) is 4.90 Å². The molecule has 1 aromatic heterocycles. The van der Waals surface area contributed by atoms with Crippen molar-refractivity contribution >= 4 is 29.4 Å². The molecule has 0 saturated carbocycles. The highest BCUT2D eigenvalue weighted by Crippen LogP contribution is 2.33. The Labute approximate surface area is 230 Å². The van der Waals surface area contributed by atoms with Gasteiger partial charge in [0, 0.05) is 41.7 Å². The third-order valence-corrected chi connectivity index (χ3v) is 7.10. The first-order valence-electron chi connectivity index (χ1n) is 13.1. The molecule has 3 heterocycles. The molecular weight excluding hydrogens is 518 g/mol. The average molecular weight is 550 g/mol. The van der Waals surface area contributed by atoms with E-state index in [-0.39, 0.29) is 38.5 Å². The Morgan fingerprint density at radius 1 is 0.800 bits per heavy atom. The summed E-state index contributed by atoms with van der Waals surface area (Å²) in [5.41, 5.74) is 2.95. The number of anilines is 3. The van der Waals surface area contributed by atoms with Crippen molar-refractivity contribution in [2.24, 2.45) is 0 Å². The van der Waals surface area contributed by atoms with Gasteiger partial charge in [0.2, 0.25) is 0 Å². The summed E-state index contributed by atoms with van der Waals surface area (Å²) in [7, 11) is 0. The number of hydrogen-bond donors (Lipinski definition) is 4.